The van der Waals surface area contributed by atoms with Crippen LogP contribution in [0.3, 0.4) is 0 Å². The van der Waals surface area contributed by atoms with Crippen LogP contribution in [0.1, 0.15) is 43.1 Å². The van der Waals surface area contributed by atoms with E-state index in [2.05, 4.69) is 10.6 Å². The first-order chi connectivity index (χ1) is 14.8. The van der Waals surface area contributed by atoms with Crippen LogP contribution in [0.5, 0.6) is 0 Å². The SMILES string of the molecule is CCOC(=O)C(CC(C)C)NC(=O)C(=Cc1ccccc1F)NC(=O)c1ccccc1. The summed E-state index contributed by atoms with van der Waals surface area (Å²) in [6, 6.07) is 13.3. The van der Waals surface area contributed by atoms with Crippen molar-refractivity contribution in [2.24, 2.45) is 5.92 Å². The first-order valence-corrected chi connectivity index (χ1v) is 10.1. The van der Waals surface area contributed by atoms with Crippen molar-refractivity contribution in [3.8, 4) is 0 Å². The number of hydrogen-bond donors (Lipinski definition) is 2. The Balaban J connectivity index is 2.34. The number of rotatable bonds is 9. The molecule has 164 valence electrons. The van der Waals surface area contributed by atoms with Gasteiger partial charge in [0.2, 0.25) is 0 Å². The monoisotopic (exact) mass is 426 g/mol. The number of ether oxygens (including phenoxy) is 1. The normalized spacial score (nSPS) is 12.2. The molecule has 0 aliphatic carbocycles. The molecule has 0 radical (unpaired) electrons. The van der Waals surface area contributed by atoms with Crippen LogP contribution in [0.2, 0.25) is 0 Å². The maximum absolute atomic E-state index is 14.2. The number of benzene rings is 2. The molecule has 0 saturated heterocycles. The van der Waals surface area contributed by atoms with E-state index in [1.807, 2.05) is 13.8 Å². The fourth-order valence-electron chi connectivity index (χ4n) is 2.85. The van der Waals surface area contributed by atoms with Gasteiger partial charge in [0.25, 0.3) is 11.8 Å². The lowest BCUT2D eigenvalue weighted by molar-refractivity contribution is -0.147. The molecule has 1 atom stereocenters. The Hall–Kier alpha value is -3.48. The van der Waals surface area contributed by atoms with E-state index in [4.69, 9.17) is 4.74 Å². The maximum Gasteiger partial charge on any atom is 0.328 e. The fraction of sp³-hybridized carbons (Fsp3) is 0.292. The van der Waals surface area contributed by atoms with Crippen molar-refractivity contribution < 1.29 is 23.5 Å². The van der Waals surface area contributed by atoms with Crippen molar-refractivity contribution in [2.45, 2.75) is 33.2 Å². The van der Waals surface area contributed by atoms with Crippen molar-refractivity contribution in [3.05, 3.63) is 77.2 Å². The minimum atomic E-state index is -0.898. The van der Waals surface area contributed by atoms with Gasteiger partial charge in [0.05, 0.1) is 6.61 Å². The summed E-state index contributed by atoms with van der Waals surface area (Å²) >= 11 is 0. The zero-order chi connectivity index (χ0) is 22.8. The molecule has 2 rings (SSSR count). The van der Waals surface area contributed by atoms with E-state index in [1.165, 1.54) is 24.3 Å². The minimum absolute atomic E-state index is 0.104. The van der Waals surface area contributed by atoms with Crippen LogP contribution in [0.25, 0.3) is 6.08 Å². The highest BCUT2D eigenvalue weighted by molar-refractivity contribution is 6.06. The van der Waals surface area contributed by atoms with E-state index in [0.717, 1.165) is 0 Å². The topological polar surface area (TPSA) is 84.5 Å². The molecular formula is C24H27FN2O4. The first-order valence-electron chi connectivity index (χ1n) is 10.1. The van der Waals surface area contributed by atoms with E-state index in [-0.39, 0.29) is 23.8 Å². The molecule has 31 heavy (non-hydrogen) atoms. The number of esters is 1. The van der Waals surface area contributed by atoms with Gasteiger partial charge in [0.1, 0.15) is 17.6 Å². The van der Waals surface area contributed by atoms with Crippen LogP contribution in [-0.2, 0) is 14.3 Å². The quantitative estimate of drug-likeness (QED) is 0.473. The van der Waals surface area contributed by atoms with E-state index in [9.17, 15) is 18.8 Å². The number of nitrogens with one attached hydrogen (secondary N) is 2. The minimum Gasteiger partial charge on any atom is -0.464 e. The van der Waals surface area contributed by atoms with Gasteiger partial charge in [0.15, 0.2) is 0 Å². The van der Waals surface area contributed by atoms with Gasteiger partial charge in [-0.2, -0.15) is 0 Å². The second-order valence-corrected chi connectivity index (χ2v) is 7.31. The van der Waals surface area contributed by atoms with Crippen molar-refractivity contribution in [1.82, 2.24) is 10.6 Å². The predicted molar refractivity (Wildman–Crippen MR) is 116 cm³/mol. The summed E-state index contributed by atoms with van der Waals surface area (Å²) in [5, 5.41) is 5.14. The van der Waals surface area contributed by atoms with E-state index >= 15 is 0 Å². The molecule has 2 amide bonds. The Morgan fingerprint density at radius 2 is 1.68 bits per heavy atom. The number of carbonyl (C=O) groups excluding carboxylic acids is 3. The number of carbonyl (C=O) groups is 3. The largest absolute Gasteiger partial charge is 0.464 e. The fourth-order valence-corrected chi connectivity index (χ4v) is 2.85. The standard InChI is InChI=1S/C24H27FN2O4/c1-4-31-24(30)21(14-16(2)3)27-23(29)20(15-18-12-8-9-13-19(18)25)26-22(28)17-10-6-5-7-11-17/h5-13,15-16,21H,4,14H2,1-3H3,(H,26,28)(H,27,29). The van der Waals surface area contributed by atoms with Gasteiger partial charge in [-0.15, -0.1) is 0 Å². The molecule has 0 saturated carbocycles. The van der Waals surface area contributed by atoms with E-state index in [1.54, 1.807) is 43.3 Å². The Morgan fingerprint density at radius 3 is 2.29 bits per heavy atom. The molecule has 7 heteroatoms. The highest BCUT2D eigenvalue weighted by Gasteiger charge is 2.25. The summed E-state index contributed by atoms with van der Waals surface area (Å²) in [5.41, 5.74) is 0.272. The highest BCUT2D eigenvalue weighted by Crippen LogP contribution is 2.13. The summed E-state index contributed by atoms with van der Waals surface area (Å²) in [7, 11) is 0. The van der Waals surface area contributed by atoms with E-state index in [0.29, 0.717) is 12.0 Å². The second kappa shape index (κ2) is 11.6. The van der Waals surface area contributed by atoms with Crippen molar-refractivity contribution in [1.29, 1.82) is 0 Å². The predicted octanol–water partition coefficient (Wildman–Crippen LogP) is 3.69. The lowest BCUT2D eigenvalue weighted by atomic mass is 10.0. The van der Waals surface area contributed by atoms with Gasteiger partial charge >= 0.3 is 5.97 Å². The summed E-state index contributed by atoms with van der Waals surface area (Å²) in [4.78, 5) is 37.9. The van der Waals surface area contributed by atoms with Crippen LogP contribution in [0.15, 0.2) is 60.3 Å². The molecule has 0 aliphatic rings. The number of hydrogen-bond acceptors (Lipinski definition) is 4. The van der Waals surface area contributed by atoms with Gasteiger partial charge in [-0.3, -0.25) is 9.59 Å². The van der Waals surface area contributed by atoms with Crippen LogP contribution < -0.4 is 10.6 Å². The average molecular weight is 426 g/mol. The summed E-state index contributed by atoms with van der Waals surface area (Å²) in [5.74, 6) is -2.26. The van der Waals surface area contributed by atoms with Crippen molar-refractivity contribution in [3.63, 3.8) is 0 Å². The molecule has 2 aromatic carbocycles. The van der Waals surface area contributed by atoms with Gasteiger partial charge in [-0.25, -0.2) is 9.18 Å². The van der Waals surface area contributed by atoms with Gasteiger partial charge in [-0.05, 0) is 43.5 Å². The molecule has 0 aliphatic heterocycles. The van der Waals surface area contributed by atoms with Crippen molar-refractivity contribution in [2.75, 3.05) is 6.61 Å². The molecule has 1 unspecified atom stereocenters. The molecule has 0 fully saturated rings. The molecule has 0 bridgehead atoms. The Labute approximate surface area is 181 Å². The zero-order valence-electron chi connectivity index (χ0n) is 17.9. The number of halogens is 1. The molecule has 6 nitrogen and oxygen atoms in total. The van der Waals surface area contributed by atoms with Gasteiger partial charge in [0, 0.05) is 11.1 Å². The molecule has 2 N–H and O–H groups in total. The summed E-state index contributed by atoms with van der Waals surface area (Å²) in [6.07, 6.45) is 1.59. The lowest BCUT2D eigenvalue weighted by Crippen LogP contribution is -2.45. The average Bonchev–Trinajstić information content (AvgIpc) is 2.74. The Morgan fingerprint density at radius 1 is 1.03 bits per heavy atom. The third kappa shape index (κ3) is 7.37. The van der Waals surface area contributed by atoms with Crippen molar-refractivity contribution >= 4 is 23.9 Å². The van der Waals surface area contributed by atoms with Crippen LogP contribution in [-0.4, -0.2) is 30.4 Å². The molecule has 2 aromatic rings. The number of amides is 2. The zero-order valence-corrected chi connectivity index (χ0v) is 17.9. The van der Waals surface area contributed by atoms with Gasteiger partial charge in [-0.1, -0.05) is 50.2 Å². The Bertz CT molecular complexity index is 942. The second-order valence-electron chi connectivity index (χ2n) is 7.31. The molecule has 0 spiro atoms. The maximum atomic E-state index is 14.2. The van der Waals surface area contributed by atoms with E-state index < -0.39 is 29.6 Å². The molecular weight excluding hydrogens is 399 g/mol. The summed E-state index contributed by atoms with van der Waals surface area (Å²) < 4.78 is 19.2. The summed E-state index contributed by atoms with van der Waals surface area (Å²) in [6.45, 7) is 5.67. The van der Waals surface area contributed by atoms with Crippen LogP contribution in [0.4, 0.5) is 4.39 Å². The smallest absolute Gasteiger partial charge is 0.328 e. The highest BCUT2D eigenvalue weighted by atomic mass is 19.1. The molecule has 0 heterocycles. The third-order valence-electron chi connectivity index (χ3n) is 4.32. The third-order valence-corrected chi connectivity index (χ3v) is 4.32. The lowest BCUT2D eigenvalue weighted by Gasteiger charge is -2.20. The van der Waals surface area contributed by atoms with Crippen LogP contribution >= 0.6 is 0 Å². The Kier molecular flexibility index (Phi) is 8.94. The first kappa shape index (κ1) is 23.8. The molecule has 0 aromatic heterocycles. The van der Waals surface area contributed by atoms with Crippen LogP contribution in [0, 0.1) is 11.7 Å². The van der Waals surface area contributed by atoms with Gasteiger partial charge < -0.3 is 15.4 Å².